The summed E-state index contributed by atoms with van der Waals surface area (Å²) in [6.07, 6.45) is 1.49. The minimum Gasteiger partial charge on any atom is -0.493 e. The van der Waals surface area contributed by atoms with E-state index in [4.69, 9.17) is 9.47 Å². The van der Waals surface area contributed by atoms with Crippen LogP contribution in [0.25, 0.3) is 0 Å². The molecule has 0 fully saturated rings. The third-order valence-corrected chi connectivity index (χ3v) is 3.80. The largest absolute Gasteiger partial charge is 0.493 e. The number of hydrogen-bond donors (Lipinski definition) is 2. The van der Waals surface area contributed by atoms with Crippen LogP contribution in [0.1, 0.15) is 10.4 Å². The van der Waals surface area contributed by atoms with Gasteiger partial charge >= 0.3 is 0 Å². The van der Waals surface area contributed by atoms with E-state index in [9.17, 15) is 9.18 Å². The molecule has 138 valence electrons. The van der Waals surface area contributed by atoms with Gasteiger partial charge in [-0.3, -0.25) is 4.79 Å². The summed E-state index contributed by atoms with van der Waals surface area (Å²) >= 11 is 0. The molecule has 0 radical (unpaired) electrons. The van der Waals surface area contributed by atoms with Gasteiger partial charge in [-0.25, -0.2) is 9.37 Å². The summed E-state index contributed by atoms with van der Waals surface area (Å²) in [4.78, 5) is 16.6. The molecule has 0 aliphatic carbocycles. The van der Waals surface area contributed by atoms with E-state index in [0.29, 0.717) is 34.3 Å². The Kier molecular flexibility index (Phi) is 5.51. The zero-order chi connectivity index (χ0) is 19.2. The smallest absolute Gasteiger partial charge is 0.255 e. The van der Waals surface area contributed by atoms with Crippen molar-refractivity contribution in [3.8, 4) is 11.5 Å². The van der Waals surface area contributed by atoms with Crippen LogP contribution in [-0.2, 0) is 0 Å². The van der Waals surface area contributed by atoms with Crippen LogP contribution in [0.4, 0.5) is 21.6 Å². The maximum atomic E-state index is 13.7. The molecule has 0 bridgehead atoms. The van der Waals surface area contributed by atoms with E-state index in [2.05, 4.69) is 15.6 Å². The summed E-state index contributed by atoms with van der Waals surface area (Å²) in [7, 11) is 3.03. The molecule has 27 heavy (non-hydrogen) atoms. The molecule has 0 unspecified atom stereocenters. The van der Waals surface area contributed by atoms with Crippen LogP contribution in [0.5, 0.6) is 11.5 Å². The van der Waals surface area contributed by atoms with Crippen molar-refractivity contribution in [2.75, 3.05) is 24.9 Å². The highest BCUT2D eigenvalue weighted by atomic mass is 19.1. The van der Waals surface area contributed by atoms with Crippen molar-refractivity contribution < 1.29 is 18.7 Å². The van der Waals surface area contributed by atoms with Gasteiger partial charge in [0.25, 0.3) is 5.91 Å². The van der Waals surface area contributed by atoms with Crippen LogP contribution in [0.15, 0.2) is 60.8 Å². The molecule has 0 aliphatic heterocycles. The molecule has 0 aliphatic rings. The van der Waals surface area contributed by atoms with Crippen LogP contribution in [-0.4, -0.2) is 25.1 Å². The molecular formula is C20H18FN3O3. The predicted octanol–water partition coefficient (Wildman–Crippen LogP) is 4.23. The number of hydrogen-bond acceptors (Lipinski definition) is 5. The maximum absolute atomic E-state index is 13.7. The molecular weight excluding hydrogens is 349 g/mol. The number of aromatic nitrogens is 1. The van der Waals surface area contributed by atoms with Crippen LogP contribution in [0, 0.1) is 5.82 Å². The molecule has 1 amide bonds. The van der Waals surface area contributed by atoms with E-state index in [0.717, 1.165) is 0 Å². The van der Waals surface area contributed by atoms with Gasteiger partial charge in [-0.05, 0) is 42.5 Å². The van der Waals surface area contributed by atoms with Crippen LogP contribution >= 0.6 is 0 Å². The molecule has 2 aromatic carbocycles. The fourth-order valence-corrected chi connectivity index (χ4v) is 2.42. The number of nitrogens with one attached hydrogen (secondary N) is 2. The SMILES string of the molecule is COc1ccc(C(=O)Nc2ccc(Nc3ccccc3F)nc2)cc1OC. The minimum atomic E-state index is -0.370. The number of rotatable bonds is 6. The van der Waals surface area contributed by atoms with E-state index in [-0.39, 0.29) is 11.7 Å². The molecule has 2 N–H and O–H groups in total. The first-order valence-electron chi connectivity index (χ1n) is 8.11. The number of halogens is 1. The molecule has 0 saturated heterocycles. The fourth-order valence-electron chi connectivity index (χ4n) is 2.42. The molecule has 7 heteroatoms. The lowest BCUT2D eigenvalue weighted by molar-refractivity contribution is 0.102. The number of pyridine rings is 1. The van der Waals surface area contributed by atoms with E-state index < -0.39 is 0 Å². The Labute approximate surface area is 156 Å². The van der Waals surface area contributed by atoms with Gasteiger partial charge in [-0.2, -0.15) is 0 Å². The number of carbonyl (C=O) groups excluding carboxylic acids is 1. The lowest BCUT2D eigenvalue weighted by Gasteiger charge is -2.10. The van der Waals surface area contributed by atoms with E-state index in [1.54, 1.807) is 48.5 Å². The molecule has 3 rings (SSSR count). The number of para-hydroxylation sites is 1. The molecule has 0 atom stereocenters. The van der Waals surface area contributed by atoms with Gasteiger partial charge in [0, 0.05) is 5.56 Å². The van der Waals surface area contributed by atoms with Gasteiger partial charge in [-0.1, -0.05) is 12.1 Å². The lowest BCUT2D eigenvalue weighted by atomic mass is 10.2. The molecule has 1 heterocycles. The lowest BCUT2D eigenvalue weighted by Crippen LogP contribution is -2.12. The summed E-state index contributed by atoms with van der Waals surface area (Å²) in [5, 5.41) is 5.63. The molecule has 0 saturated carbocycles. The summed E-state index contributed by atoms with van der Waals surface area (Å²) in [5.74, 6) is 0.786. The monoisotopic (exact) mass is 367 g/mol. The van der Waals surface area contributed by atoms with E-state index >= 15 is 0 Å². The molecule has 3 aromatic rings. The summed E-state index contributed by atoms with van der Waals surface area (Å²) in [5.41, 5.74) is 1.25. The molecule has 1 aromatic heterocycles. The van der Waals surface area contributed by atoms with Gasteiger partial charge in [0.1, 0.15) is 11.6 Å². The zero-order valence-electron chi connectivity index (χ0n) is 14.8. The number of carbonyl (C=O) groups is 1. The van der Waals surface area contributed by atoms with E-state index in [1.807, 2.05) is 0 Å². The first-order valence-corrected chi connectivity index (χ1v) is 8.11. The number of amides is 1. The summed E-state index contributed by atoms with van der Waals surface area (Å²) in [6.45, 7) is 0. The Bertz CT molecular complexity index is 945. The van der Waals surface area contributed by atoms with Crippen LogP contribution in [0.3, 0.4) is 0 Å². The molecule has 6 nitrogen and oxygen atoms in total. The Hall–Kier alpha value is -3.61. The summed E-state index contributed by atoms with van der Waals surface area (Å²) in [6, 6.07) is 14.5. The second kappa shape index (κ2) is 8.18. The number of ether oxygens (including phenoxy) is 2. The van der Waals surface area contributed by atoms with Crippen molar-refractivity contribution in [1.82, 2.24) is 4.98 Å². The van der Waals surface area contributed by atoms with Gasteiger partial charge < -0.3 is 20.1 Å². The topological polar surface area (TPSA) is 72.5 Å². The minimum absolute atomic E-state index is 0.312. The predicted molar refractivity (Wildman–Crippen MR) is 101 cm³/mol. The third kappa shape index (κ3) is 4.33. The standard InChI is InChI=1S/C20H18FN3O3/c1-26-17-9-7-13(11-18(17)27-2)20(25)23-14-8-10-19(22-12-14)24-16-6-4-3-5-15(16)21/h3-12H,1-2H3,(H,22,24)(H,23,25). The Morgan fingerprint density at radius 3 is 2.44 bits per heavy atom. The summed E-state index contributed by atoms with van der Waals surface area (Å²) < 4.78 is 24.0. The molecule has 0 spiro atoms. The third-order valence-electron chi connectivity index (χ3n) is 3.80. The quantitative estimate of drug-likeness (QED) is 0.682. The Balaban J connectivity index is 1.69. The highest BCUT2D eigenvalue weighted by molar-refractivity contribution is 6.04. The van der Waals surface area contributed by atoms with Crippen molar-refractivity contribution in [1.29, 1.82) is 0 Å². The first-order chi connectivity index (χ1) is 13.1. The fraction of sp³-hybridized carbons (Fsp3) is 0.100. The zero-order valence-corrected chi connectivity index (χ0v) is 14.8. The number of methoxy groups -OCH3 is 2. The second-order valence-corrected chi connectivity index (χ2v) is 5.56. The Morgan fingerprint density at radius 2 is 1.78 bits per heavy atom. The average molecular weight is 367 g/mol. The van der Waals surface area contributed by atoms with Crippen LogP contribution < -0.4 is 20.1 Å². The van der Waals surface area contributed by atoms with Crippen molar-refractivity contribution in [3.05, 3.63) is 72.2 Å². The Morgan fingerprint density at radius 1 is 1.00 bits per heavy atom. The number of anilines is 3. The maximum Gasteiger partial charge on any atom is 0.255 e. The normalized spacial score (nSPS) is 10.2. The van der Waals surface area contributed by atoms with Crippen molar-refractivity contribution >= 4 is 23.1 Å². The van der Waals surface area contributed by atoms with Crippen LogP contribution in [0.2, 0.25) is 0 Å². The van der Waals surface area contributed by atoms with Gasteiger partial charge in [0.15, 0.2) is 11.5 Å². The first kappa shape index (κ1) is 18.2. The van der Waals surface area contributed by atoms with Gasteiger partial charge in [0.2, 0.25) is 0 Å². The van der Waals surface area contributed by atoms with Crippen molar-refractivity contribution in [2.45, 2.75) is 0 Å². The van der Waals surface area contributed by atoms with Crippen molar-refractivity contribution in [2.24, 2.45) is 0 Å². The van der Waals surface area contributed by atoms with E-state index in [1.165, 1.54) is 26.5 Å². The van der Waals surface area contributed by atoms with Gasteiger partial charge in [-0.15, -0.1) is 0 Å². The van der Waals surface area contributed by atoms with Crippen molar-refractivity contribution in [3.63, 3.8) is 0 Å². The average Bonchev–Trinajstić information content (AvgIpc) is 2.70. The highest BCUT2D eigenvalue weighted by Crippen LogP contribution is 2.28. The number of nitrogens with zero attached hydrogens (tertiary/aromatic N) is 1. The number of benzene rings is 2. The van der Waals surface area contributed by atoms with Gasteiger partial charge in [0.05, 0.1) is 31.8 Å². The highest BCUT2D eigenvalue weighted by Gasteiger charge is 2.11. The second-order valence-electron chi connectivity index (χ2n) is 5.56.